The highest BCUT2D eigenvalue weighted by Gasteiger charge is 2.41. The van der Waals surface area contributed by atoms with Crippen molar-refractivity contribution < 1.29 is 9.53 Å². The van der Waals surface area contributed by atoms with Crippen LogP contribution in [-0.2, 0) is 9.53 Å². The summed E-state index contributed by atoms with van der Waals surface area (Å²) < 4.78 is 5.18. The van der Waals surface area contributed by atoms with Gasteiger partial charge in [0.1, 0.15) is 0 Å². The number of carbonyl (C=O) groups is 1. The van der Waals surface area contributed by atoms with E-state index in [0.717, 1.165) is 45.2 Å². The summed E-state index contributed by atoms with van der Waals surface area (Å²) in [5.41, 5.74) is -0.145. The van der Waals surface area contributed by atoms with Gasteiger partial charge in [-0.1, -0.05) is 12.8 Å². The van der Waals surface area contributed by atoms with Crippen LogP contribution in [0, 0.1) is 5.41 Å². The molecule has 0 spiro atoms. The number of piperidine rings is 1. The second kappa shape index (κ2) is 6.53. The van der Waals surface area contributed by atoms with Crippen molar-refractivity contribution in [1.82, 2.24) is 10.6 Å². The number of nitrogens with one attached hydrogen (secondary N) is 2. The summed E-state index contributed by atoms with van der Waals surface area (Å²) in [4.78, 5) is 12.5. The zero-order chi connectivity index (χ0) is 12.8. The lowest BCUT2D eigenvalue weighted by atomic mass is 9.81. The molecule has 0 radical (unpaired) electrons. The van der Waals surface area contributed by atoms with Gasteiger partial charge in [-0.15, -0.1) is 0 Å². The van der Waals surface area contributed by atoms with Crippen molar-refractivity contribution in [3.05, 3.63) is 0 Å². The second-order valence-electron chi connectivity index (χ2n) is 5.75. The van der Waals surface area contributed by atoms with Crippen LogP contribution in [0.4, 0.5) is 0 Å². The average molecular weight is 254 g/mol. The van der Waals surface area contributed by atoms with E-state index < -0.39 is 0 Å². The van der Waals surface area contributed by atoms with Gasteiger partial charge in [0, 0.05) is 26.3 Å². The monoisotopic (exact) mass is 254 g/mol. The minimum Gasteiger partial charge on any atom is -0.385 e. The van der Waals surface area contributed by atoms with E-state index in [1.807, 2.05) is 0 Å². The molecule has 1 amide bonds. The molecule has 1 heterocycles. The van der Waals surface area contributed by atoms with Gasteiger partial charge < -0.3 is 15.4 Å². The highest BCUT2D eigenvalue weighted by molar-refractivity contribution is 5.83. The Morgan fingerprint density at radius 1 is 1.39 bits per heavy atom. The third kappa shape index (κ3) is 3.23. The molecule has 0 aromatic heterocycles. The summed E-state index contributed by atoms with van der Waals surface area (Å²) in [5.74, 6) is 0.269. The summed E-state index contributed by atoms with van der Waals surface area (Å²) in [6.45, 7) is 2.70. The van der Waals surface area contributed by atoms with E-state index in [-0.39, 0.29) is 11.3 Å². The summed E-state index contributed by atoms with van der Waals surface area (Å²) in [6.07, 6.45) is 7.56. The fourth-order valence-electron chi connectivity index (χ4n) is 3.25. The summed E-state index contributed by atoms with van der Waals surface area (Å²) in [5, 5.41) is 6.60. The Balaban J connectivity index is 1.90. The van der Waals surface area contributed by atoms with Gasteiger partial charge in [-0.05, 0) is 38.6 Å². The smallest absolute Gasteiger partial charge is 0.226 e. The van der Waals surface area contributed by atoms with Crippen LogP contribution in [0.5, 0.6) is 0 Å². The number of ether oxygens (including phenoxy) is 1. The number of carbonyl (C=O) groups excluding carboxylic acids is 1. The van der Waals surface area contributed by atoms with Gasteiger partial charge in [-0.25, -0.2) is 0 Å². The van der Waals surface area contributed by atoms with Gasteiger partial charge >= 0.3 is 0 Å². The van der Waals surface area contributed by atoms with Crippen LogP contribution in [-0.4, -0.2) is 38.8 Å². The Hall–Kier alpha value is -0.610. The Bertz CT molecular complexity index is 269. The van der Waals surface area contributed by atoms with Gasteiger partial charge in [0.25, 0.3) is 0 Å². The van der Waals surface area contributed by atoms with Crippen molar-refractivity contribution in [2.45, 2.75) is 51.0 Å². The molecular weight excluding hydrogens is 228 g/mol. The molecule has 1 aliphatic heterocycles. The quantitative estimate of drug-likeness (QED) is 0.781. The van der Waals surface area contributed by atoms with Crippen molar-refractivity contribution in [3.8, 4) is 0 Å². The molecular formula is C14H26N2O2. The molecule has 0 aromatic carbocycles. The molecule has 1 aliphatic carbocycles. The van der Waals surface area contributed by atoms with Crippen LogP contribution in [0.1, 0.15) is 44.9 Å². The molecule has 2 aliphatic rings. The van der Waals surface area contributed by atoms with E-state index in [4.69, 9.17) is 4.74 Å². The zero-order valence-electron chi connectivity index (χ0n) is 11.5. The normalized spacial score (nSPS) is 27.1. The van der Waals surface area contributed by atoms with Gasteiger partial charge in [0.15, 0.2) is 0 Å². The molecule has 0 unspecified atom stereocenters. The van der Waals surface area contributed by atoms with E-state index in [2.05, 4.69) is 10.6 Å². The first kappa shape index (κ1) is 13.8. The van der Waals surface area contributed by atoms with E-state index in [1.54, 1.807) is 7.11 Å². The number of methoxy groups -OCH3 is 1. The van der Waals surface area contributed by atoms with E-state index in [9.17, 15) is 4.79 Å². The highest BCUT2D eigenvalue weighted by atomic mass is 16.5. The largest absolute Gasteiger partial charge is 0.385 e. The maximum Gasteiger partial charge on any atom is 0.226 e. The molecule has 0 bridgehead atoms. The molecule has 2 rings (SSSR count). The van der Waals surface area contributed by atoms with Gasteiger partial charge in [-0.2, -0.15) is 0 Å². The van der Waals surface area contributed by atoms with Crippen molar-refractivity contribution >= 4 is 5.91 Å². The highest BCUT2D eigenvalue weighted by Crippen LogP contribution is 2.41. The first-order chi connectivity index (χ1) is 8.77. The van der Waals surface area contributed by atoms with Crippen molar-refractivity contribution in [1.29, 1.82) is 0 Å². The maximum atomic E-state index is 12.5. The number of rotatable bonds is 5. The molecule has 4 nitrogen and oxygen atoms in total. The molecule has 18 heavy (non-hydrogen) atoms. The predicted molar refractivity (Wildman–Crippen MR) is 71.4 cm³/mol. The van der Waals surface area contributed by atoms with Crippen LogP contribution in [0.15, 0.2) is 0 Å². The molecule has 104 valence electrons. The lowest BCUT2D eigenvalue weighted by Crippen LogP contribution is -2.50. The fourth-order valence-corrected chi connectivity index (χ4v) is 3.25. The van der Waals surface area contributed by atoms with Gasteiger partial charge in [0.2, 0.25) is 5.91 Å². The molecule has 0 aromatic rings. The molecule has 1 atom stereocenters. The first-order valence-corrected chi connectivity index (χ1v) is 7.27. The third-order valence-corrected chi connectivity index (χ3v) is 4.46. The molecule has 2 fully saturated rings. The van der Waals surface area contributed by atoms with Crippen LogP contribution in [0.2, 0.25) is 0 Å². The Kier molecular flexibility index (Phi) is 5.01. The molecule has 1 saturated carbocycles. The molecule has 2 N–H and O–H groups in total. The van der Waals surface area contributed by atoms with Crippen LogP contribution in [0.3, 0.4) is 0 Å². The van der Waals surface area contributed by atoms with Crippen LogP contribution < -0.4 is 10.6 Å². The van der Waals surface area contributed by atoms with Gasteiger partial charge in [-0.3, -0.25) is 4.79 Å². The number of amides is 1. The Morgan fingerprint density at radius 3 is 2.78 bits per heavy atom. The molecule has 1 saturated heterocycles. The van der Waals surface area contributed by atoms with Crippen LogP contribution >= 0.6 is 0 Å². The Morgan fingerprint density at radius 2 is 2.17 bits per heavy atom. The summed E-state index contributed by atoms with van der Waals surface area (Å²) in [6, 6.07) is 0.325. The average Bonchev–Trinajstić information content (AvgIpc) is 2.87. The minimum atomic E-state index is -0.145. The first-order valence-electron chi connectivity index (χ1n) is 7.27. The zero-order valence-corrected chi connectivity index (χ0v) is 11.5. The lowest BCUT2D eigenvalue weighted by molar-refractivity contribution is -0.132. The lowest BCUT2D eigenvalue weighted by Gasteiger charge is -2.31. The van der Waals surface area contributed by atoms with Crippen molar-refractivity contribution in [3.63, 3.8) is 0 Å². The minimum absolute atomic E-state index is 0.145. The number of hydrogen-bond acceptors (Lipinski definition) is 3. The fraction of sp³-hybridized carbons (Fsp3) is 0.929. The van der Waals surface area contributed by atoms with Gasteiger partial charge in [0.05, 0.1) is 5.41 Å². The summed E-state index contributed by atoms with van der Waals surface area (Å²) >= 11 is 0. The standard InChI is InChI=1S/C14H26N2O2/c1-18-10-8-14(6-2-3-7-14)13(17)16-12-5-4-9-15-11-12/h12,15H,2-11H2,1H3,(H,16,17)/t12-/m0/s1. The van der Waals surface area contributed by atoms with Crippen molar-refractivity contribution in [2.75, 3.05) is 26.8 Å². The van der Waals surface area contributed by atoms with E-state index in [1.165, 1.54) is 12.8 Å². The maximum absolute atomic E-state index is 12.5. The third-order valence-electron chi connectivity index (χ3n) is 4.46. The van der Waals surface area contributed by atoms with E-state index in [0.29, 0.717) is 12.6 Å². The van der Waals surface area contributed by atoms with Crippen LogP contribution in [0.25, 0.3) is 0 Å². The number of hydrogen-bond donors (Lipinski definition) is 2. The summed E-state index contributed by atoms with van der Waals surface area (Å²) in [7, 11) is 1.71. The molecule has 4 heteroatoms. The predicted octanol–water partition coefficient (Wildman–Crippen LogP) is 1.45. The second-order valence-corrected chi connectivity index (χ2v) is 5.75. The van der Waals surface area contributed by atoms with E-state index >= 15 is 0 Å². The Labute approximate surface area is 110 Å². The topological polar surface area (TPSA) is 50.4 Å². The van der Waals surface area contributed by atoms with Crippen molar-refractivity contribution in [2.24, 2.45) is 5.41 Å². The SMILES string of the molecule is COCCC1(C(=O)N[C@H]2CCCNC2)CCCC1.